The Labute approximate surface area is 183 Å². The first-order chi connectivity index (χ1) is 14.6. The number of aryl methyl sites for hydroxylation is 1. The number of carbonyl (C=O) groups is 2. The van der Waals surface area contributed by atoms with Gasteiger partial charge in [0.05, 0.1) is 27.7 Å². The molecule has 30 heavy (non-hydrogen) atoms. The summed E-state index contributed by atoms with van der Waals surface area (Å²) in [7, 11) is 0. The number of hydrogen-bond acceptors (Lipinski definition) is 5. The van der Waals surface area contributed by atoms with Gasteiger partial charge in [-0.3, -0.25) is 9.59 Å². The van der Waals surface area contributed by atoms with Crippen molar-refractivity contribution in [1.29, 1.82) is 0 Å². The maximum Gasteiger partial charge on any atom is 0.238 e. The van der Waals surface area contributed by atoms with E-state index >= 15 is 0 Å². The van der Waals surface area contributed by atoms with Gasteiger partial charge in [0.25, 0.3) is 0 Å². The van der Waals surface area contributed by atoms with E-state index in [-0.39, 0.29) is 35.5 Å². The fraction of sp³-hybridized carbons (Fsp3) is 0.292. The summed E-state index contributed by atoms with van der Waals surface area (Å²) >= 11 is 3.34. The van der Waals surface area contributed by atoms with Crippen LogP contribution in [0, 0.1) is 30.6 Å². The van der Waals surface area contributed by atoms with Crippen LogP contribution in [0.2, 0.25) is 0 Å². The van der Waals surface area contributed by atoms with Crippen molar-refractivity contribution < 1.29 is 9.59 Å². The molecule has 1 aromatic heterocycles. The second-order valence-electron chi connectivity index (χ2n) is 8.42. The van der Waals surface area contributed by atoms with Gasteiger partial charge in [-0.25, -0.2) is 9.88 Å². The van der Waals surface area contributed by atoms with Crippen molar-refractivity contribution in [3.63, 3.8) is 0 Å². The second-order valence-corrected chi connectivity index (χ2v) is 10.7. The van der Waals surface area contributed by atoms with Crippen LogP contribution in [0.3, 0.4) is 0 Å². The summed E-state index contributed by atoms with van der Waals surface area (Å²) in [6.07, 6.45) is 5.21. The normalized spacial score (nSPS) is 26.9. The van der Waals surface area contributed by atoms with E-state index in [9.17, 15) is 9.59 Å². The number of allylic oxidation sites excluding steroid dienone is 2. The fourth-order valence-electron chi connectivity index (χ4n) is 5.20. The van der Waals surface area contributed by atoms with E-state index in [4.69, 9.17) is 4.98 Å². The smallest absolute Gasteiger partial charge is 0.238 e. The minimum absolute atomic E-state index is 0.0280. The largest absolute Gasteiger partial charge is 0.274 e. The van der Waals surface area contributed by atoms with Gasteiger partial charge >= 0.3 is 0 Å². The zero-order chi connectivity index (χ0) is 20.4. The van der Waals surface area contributed by atoms with E-state index in [0.717, 1.165) is 26.7 Å². The molecule has 6 heteroatoms. The lowest BCUT2D eigenvalue weighted by Gasteiger charge is -2.17. The number of imide groups is 1. The van der Waals surface area contributed by atoms with Gasteiger partial charge in [0.15, 0.2) is 4.34 Å². The van der Waals surface area contributed by atoms with Crippen molar-refractivity contribution in [2.75, 3.05) is 4.90 Å². The molecule has 3 aliphatic rings. The predicted octanol–water partition coefficient (Wildman–Crippen LogP) is 5.21. The predicted molar refractivity (Wildman–Crippen MR) is 121 cm³/mol. The number of anilines is 1. The summed E-state index contributed by atoms with van der Waals surface area (Å²) in [6, 6.07) is 14.3. The fourth-order valence-corrected chi connectivity index (χ4v) is 7.24. The standard InChI is InChI=1S/C24H20N2O2S2/c1-13-3-2-4-14(9-13)12-29-24-25-18-8-7-17(11-19(18)30-24)26-22(27)20-15-5-6-16(10-15)21(20)23(26)28/h2-9,11,15-16,20-21H,10,12H2,1H3/t15-,16-,20-,21+/m0/s1. The summed E-state index contributed by atoms with van der Waals surface area (Å²) in [6.45, 7) is 2.10. The van der Waals surface area contributed by atoms with Crippen LogP contribution >= 0.6 is 23.1 Å². The number of thiazole rings is 1. The summed E-state index contributed by atoms with van der Waals surface area (Å²) in [5.74, 6) is 0.961. The maximum atomic E-state index is 13.1. The molecule has 1 saturated heterocycles. The average Bonchev–Trinajstić information content (AvgIpc) is 3.49. The third kappa shape index (κ3) is 2.77. The lowest BCUT2D eigenvalue weighted by atomic mass is 9.85. The van der Waals surface area contributed by atoms with Gasteiger partial charge in [0.1, 0.15) is 0 Å². The van der Waals surface area contributed by atoms with Crippen molar-refractivity contribution in [2.45, 2.75) is 23.4 Å². The highest BCUT2D eigenvalue weighted by Gasteiger charge is 2.59. The van der Waals surface area contributed by atoms with Crippen molar-refractivity contribution in [3.05, 3.63) is 65.7 Å². The van der Waals surface area contributed by atoms with Gasteiger partial charge in [-0.2, -0.15) is 0 Å². The van der Waals surface area contributed by atoms with Gasteiger partial charge in [0, 0.05) is 5.75 Å². The number of rotatable bonds is 4. The Morgan fingerprint density at radius 3 is 2.57 bits per heavy atom. The molecule has 0 radical (unpaired) electrons. The third-order valence-electron chi connectivity index (χ3n) is 6.53. The molecule has 2 aromatic carbocycles. The number of nitrogens with zero attached hydrogens (tertiary/aromatic N) is 2. The molecule has 2 heterocycles. The highest BCUT2D eigenvalue weighted by molar-refractivity contribution is 8.00. The summed E-state index contributed by atoms with van der Waals surface area (Å²) < 4.78 is 2.01. The number of fused-ring (bicyclic) bond motifs is 6. The van der Waals surface area contributed by atoms with E-state index in [1.165, 1.54) is 16.0 Å². The Morgan fingerprint density at radius 2 is 1.83 bits per heavy atom. The number of benzene rings is 2. The second kappa shape index (κ2) is 6.79. The van der Waals surface area contributed by atoms with Gasteiger partial charge in [0.2, 0.25) is 11.8 Å². The molecule has 150 valence electrons. The van der Waals surface area contributed by atoms with E-state index in [0.29, 0.717) is 5.69 Å². The topological polar surface area (TPSA) is 50.3 Å². The van der Waals surface area contributed by atoms with Crippen LogP contribution in [-0.4, -0.2) is 16.8 Å². The van der Waals surface area contributed by atoms with E-state index in [1.807, 2.05) is 18.2 Å². The Hall–Kier alpha value is -2.44. The molecule has 3 aromatic rings. The molecule has 2 amide bonds. The molecule has 6 rings (SSSR count). The molecule has 2 fully saturated rings. The average molecular weight is 433 g/mol. The van der Waals surface area contributed by atoms with Crippen LogP contribution in [0.15, 0.2) is 59.0 Å². The van der Waals surface area contributed by atoms with Crippen LogP contribution in [0.5, 0.6) is 0 Å². The Balaban J connectivity index is 1.26. The molecular formula is C24H20N2O2S2. The van der Waals surface area contributed by atoms with Gasteiger partial charge in [-0.15, -0.1) is 11.3 Å². The molecule has 1 saturated carbocycles. The summed E-state index contributed by atoms with van der Waals surface area (Å²) in [5, 5.41) is 0. The summed E-state index contributed by atoms with van der Waals surface area (Å²) in [5.41, 5.74) is 4.14. The monoisotopic (exact) mass is 432 g/mol. The van der Waals surface area contributed by atoms with Crippen molar-refractivity contribution >= 4 is 50.8 Å². The van der Waals surface area contributed by atoms with Crippen molar-refractivity contribution in [3.8, 4) is 0 Å². The zero-order valence-electron chi connectivity index (χ0n) is 16.4. The highest BCUT2D eigenvalue weighted by atomic mass is 32.2. The zero-order valence-corrected chi connectivity index (χ0v) is 18.1. The summed E-state index contributed by atoms with van der Waals surface area (Å²) in [4.78, 5) is 32.3. The first kappa shape index (κ1) is 18.3. The number of hydrogen-bond donors (Lipinski definition) is 0. The van der Waals surface area contributed by atoms with Crippen LogP contribution in [0.25, 0.3) is 10.2 Å². The first-order valence-corrected chi connectivity index (χ1v) is 12.0. The van der Waals surface area contributed by atoms with Crippen molar-refractivity contribution in [1.82, 2.24) is 4.98 Å². The van der Waals surface area contributed by atoms with E-state index in [2.05, 4.69) is 43.3 Å². The van der Waals surface area contributed by atoms with Crippen LogP contribution < -0.4 is 4.90 Å². The molecule has 4 nitrogen and oxygen atoms in total. The van der Waals surface area contributed by atoms with Gasteiger partial charge in [-0.1, -0.05) is 53.7 Å². The van der Waals surface area contributed by atoms with Crippen LogP contribution in [0.1, 0.15) is 17.5 Å². The minimum Gasteiger partial charge on any atom is -0.274 e. The lowest BCUT2D eigenvalue weighted by molar-refractivity contribution is -0.123. The van der Waals surface area contributed by atoms with Crippen LogP contribution in [0.4, 0.5) is 5.69 Å². The Bertz CT molecular complexity index is 1200. The molecule has 0 N–H and O–H groups in total. The van der Waals surface area contributed by atoms with Gasteiger partial charge < -0.3 is 0 Å². The maximum absolute atomic E-state index is 13.1. The third-order valence-corrected chi connectivity index (χ3v) is 8.76. The highest BCUT2D eigenvalue weighted by Crippen LogP contribution is 2.53. The lowest BCUT2D eigenvalue weighted by Crippen LogP contribution is -2.32. The minimum atomic E-state index is -0.162. The Kier molecular flexibility index (Phi) is 4.15. The van der Waals surface area contributed by atoms with Crippen molar-refractivity contribution in [2.24, 2.45) is 23.7 Å². The molecule has 2 bridgehead atoms. The van der Waals surface area contributed by atoms with E-state index < -0.39 is 0 Å². The van der Waals surface area contributed by atoms with Crippen LogP contribution in [-0.2, 0) is 15.3 Å². The Morgan fingerprint density at radius 1 is 1.07 bits per heavy atom. The first-order valence-electron chi connectivity index (χ1n) is 10.2. The molecule has 4 atom stereocenters. The van der Waals surface area contributed by atoms with E-state index in [1.54, 1.807) is 23.1 Å². The molecule has 0 spiro atoms. The van der Waals surface area contributed by atoms with Gasteiger partial charge in [-0.05, 0) is 48.9 Å². The molecular weight excluding hydrogens is 412 g/mol. The SMILES string of the molecule is Cc1cccc(CSc2nc3ccc(N4C(=O)[C@@H]5[C@H](C4=O)[C@H]4C=C[C@H]5C4)cc3s2)c1. The molecule has 2 aliphatic carbocycles. The number of thioether (sulfide) groups is 1. The molecule has 0 unspecified atom stereocenters. The number of carbonyl (C=O) groups excluding carboxylic acids is 2. The quantitative estimate of drug-likeness (QED) is 0.323. The number of amides is 2. The number of aromatic nitrogens is 1. The molecule has 1 aliphatic heterocycles.